The summed E-state index contributed by atoms with van der Waals surface area (Å²) < 4.78 is 0. The molecule has 19 heavy (non-hydrogen) atoms. The fourth-order valence-electron chi connectivity index (χ4n) is 2.27. The van der Waals surface area contributed by atoms with Gasteiger partial charge < -0.3 is 5.73 Å². The quantitative estimate of drug-likeness (QED) is 0.860. The lowest BCUT2D eigenvalue weighted by Crippen LogP contribution is -2.14. The summed E-state index contributed by atoms with van der Waals surface area (Å²) in [5.74, 6) is 0. The Kier molecular flexibility index (Phi) is 4.51. The van der Waals surface area contributed by atoms with Crippen LogP contribution in [0.5, 0.6) is 0 Å². The summed E-state index contributed by atoms with van der Waals surface area (Å²) in [7, 11) is 0. The largest absolute Gasteiger partial charge is 0.324 e. The maximum Gasteiger partial charge on any atom is 0.0453 e. The fraction of sp³-hybridized carbons (Fsp3) is 0.250. The Balaban J connectivity index is 2.22. The minimum absolute atomic E-state index is 0.0581. The van der Waals surface area contributed by atoms with E-state index in [-0.39, 0.29) is 6.04 Å². The molecule has 0 bridgehead atoms. The molecule has 0 heterocycles. The van der Waals surface area contributed by atoms with Crippen LogP contribution in [0.2, 0.25) is 10.0 Å². The Morgan fingerprint density at radius 2 is 1.63 bits per heavy atom. The van der Waals surface area contributed by atoms with Crippen LogP contribution in [0.15, 0.2) is 36.4 Å². The minimum atomic E-state index is -0.0581. The zero-order valence-electron chi connectivity index (χ0n) is 11.1. The highest BCUT2D eigenvalue weighted by molar-refractivity contribution is 6.35. The van der Waals surface area contributed by atoms with Gasteiger partial charge in [0.15, 0.2) is 0 Å². The molecule has 2 rings (SSSR count). The third-order valence-electron chi connectivity index (χ3n) is 3.13. The predicted molar refractivity (Wildman–Crippen MR) is 83.0 cm³/mol. The van der Waals surface area contributed by atoms with Gasteiger partial charge in [0.25, 0.3) is 0 Å². The van der Waals surface area contributed by atoms with Gasteiger partial charge in [0.1, 0.15) is 0 Å². The van der Waals surface area contributed by atoms with Crippen LogP contribution >= 0.6 is 23.2 Å². The summed E-state index contributed by atoms with van der Waals surface area (Å²) in [5.41, 5.74) is 10.9. The monoisotopic (exact) mass is 293 g/mol. The summed E-state index contributed by atoms with van der Waals surface area (Å²) in [6.07, 6.45) is 0.707. The van der Waals surface area contributed by atoms with Gasteiger partial charge in [-0.05, 0) is 43.5 Å². The van der Waals surface area contributed by atoms with Gasteiger partial charge in [0.2, 0.25) is 0 Å². The second-order valence-electron chi connectivity index (χ2n) is 4.97. The van der Waals surface area contributed by atoms with Crippen LogP contribution in [-0.2, 0) is 6.42 Å². The number of aryl methyl sites for hydroxylation is 2. The second-order valence-corrected chi connectivity index (χ2v) is 5.81. The van der Waals surface area contributed by atoms with Crippen molar-refractivity contribution in [3.63, 3.8) is 0 Å². The molecule has 0 saturated heterocycles. The number of hydrogen-bond acceptors (Lipinski definition) is 1. The molecule has 3 heteroatoms. The average Bonchev–Trinajstić information content (AvgIpc) is 2.31. The standard InChI is InChI=1S/C16H17Cl2N/c1-10-5-11(2)7-13(6-10)16(19)8-12-3-4-14(17)9-15(12)18/h3-7,9,16H,8,19H2,1-2H3. The van der Waals surface area contributed by atoms with E-state index in [1.165, 1.54) is 11.1 Å². The van der Waals surface area contributed by atoms with Gasteiger partial charge in [-0.15, -0.1) is 0 Å². The van der Waals surface area contributed by atoms with Gasteiger partial charge in [-0.2, -0.15) is 0 Å². The number of rotatable bonds is 3. The molecule has 2 aromatic rings. The topological polar surface area (TPSA) is 26.0 Å². The Labute approximate surface area is 124 Å². The molecule has 100 valence electrons. The van der Waals surface area contributed by atoms with Crippen molar-refractivity contribution in [2.24, 2.45) is 5.73 Å². The minimum Gasteiger partial charge on any atom is -0.324 e. The molecular weight excluding hydrogens is 277 g/mol. The first kappa shape index (κ1) is 14.4. The van der Waals surface area contributed by atoms with Crippen LogP contribution in [0.1, 0.15) is 28.3 Å². The molecular formula is C16H17Cl2N. The number of halogens is 2. The van der Waals surface area contributed by atoms with Crippen LogP contribution in [0, 0.1) is 13.8 Å². The molecule has 0 aliphatic rings. The fourth-order valence-corrected chi connectivity index (χ4v) is 2.75. The third-order valence-corrected chi connectivity index (χ3v) is 3.71. The van der Waals surface area contributed by atoms with Crippen LogP contribution in [0.4, 0.5) is 0 Å². The van der Waals surface area contributed by atoms with Crippen LogP contribution < -0.4 is 5.73 Å². The molecule has 0 saturated carbocycles. The van der Waals surface area contributed by atoms with E-state index in [2.05, 4.69) is 32.0 Å². The third kappa shape index (κ3) is 3.73. The van der Waals surface area contributed by atoms with E-state index in [0.29, 0.717) is 16.5 Å². The van der Waals surface area contributed by atoms with E-state index in [9.17, 15) is 0 Å². The van der Waals surface area contributed by atoms with Gasteiger partial charge in [-0.1, -0.05) is 58.6 Å². The second kappa shape index (κ2) is 5.96. The predicted octanol–water partition coefficient (Wildman–Crippen LogP) is 4.85. The van der Waals surface area contributed by atoms with Crippen molar-refractivity contribution < 1.29 is 0 Å². The van der Waals surface area contributed by atoms with Crippen molar-refractivity contribution in [2.75, 3.05) is 0 Å². The molecule has 0 spiro atoms. The molecule has 2 N–H and O–H groups in total. The van der Waals surface area contributed by atoms with E-state index in [4.69, 9.17) is 28.9 Å². The van der Waals surface area contributed by atoms with Crippen molar-refractivity contribution >= 4 is 23.2 Å². The average molecular weight is 294 g/mol. The van der Waals surface area contributed by atoms with Crippen molar-refractivity contribution in [3.05, 3.63) is 68.7 Å². The van der Waals surface area contributed by atoms with Gasteiger partial charge in [-0.25, -0.2) is 0 Å². The first-order chi connectivity index (χ1) is 8.95. The lowest BCUT2D eigenvalue weighted by atomic mass is 9.96. The molecule has 0 amide bonds. The Morgan fingerprint density at radius 1 is 1.00 bits per heavy atom. The maximum atomic E-state index is 6.28. The van der Waals surface area contributed by atoms with Crippen LogP contribution in [0.25, 0.3) is 0 Å². The summed E-state index contributed by atoms with van der Waals surface area (Å²) in [5, 5.41) is 1.32. The molecule has 1 nitrogen and oxygen atoms in total. The highest BCUT2D eigenvalue weighted by Gasteiger charge is 2.10. The number of nitrogens with two attached hydrogens (primary N) is 1. The zero-order chi connectivity index (χ0) is 14.0. The number of benzene rings is 2. The van der Waals surface area contributed by atoms with E-state index < -0.39 is 0 Å². The normalized spacial score (nSPS) is 12.5. The van der Waals surface area contributed by atoms with Crippen LogP contribution in [0.3, 0.4) is 0 Å². The molecule has 0 aliphatic carbocycles. The van der Waals surface area contributed by atoms with Gasteiger partial charge in [-0.3, -0.25) is 0 Å². The summed E-state index contributed by atoms with van der Waals surface area (Å²) in [4.78, 5) is 0. The van der Waals surface area contributed by atoms with Gasteiger partial charge in [0.05, 0.1) is 0 Å². The van der Waals surface area contributed by atoms with E-state index in [1.54, 1.807) is 6.07 Å². The molecule has 0 fully saturated rings. The maximum absolute atomic E-state index is 6.28. The zero-order valence-corrected chi connectivity index (χ0v) is 12.6. The Bertz CT molecular complexity index is 573. The van der Waals surface area contributed by atoms with E-state index in [1.807, 2.05) is 12.1 Å². The SMILES string of the molecule is Cc1cc(C)cc(C(N)Cc2ccc(Cl)cc2Cl)c1. The molecule has 1 atom stereocenters. The lowest BCUT2D eigenvalue weighted by molar-refractivity contribution is 0.720. The molecule has 0 radical (unpaired) electrons. The first-order valence-electron chi connectivity index (χ1n) is 6.23. The lowest BCUT2D eigenvalue weighted by Gasteiger charge is -2.15. The Hall–Kier alpha value is -1.02. The summed E-state index contributed by atoms with van der Waals surface area (Å²) >= 11 is 12.1. The Morgan fingerprint density at radius 3 is 2.21 bits per heavy atom. The number of hydrogen-bond donors (Lipinski definition) is 1. The van der Waals surface area contributed by atoms with Gasteiger partial charge in [0, 0.05) is 16.1 Å². The highest BCUT2D eigenvalue weighted by Crippen LogP contribution is 2.26. The molecule has 2 aromatic carbocycles. The smallest absolute Gasteiger partial charge is 0.0453 e. The van der Waals surface area contributed by atoms with Crippen LogP contribution in [-0.4, -0.2) is 0 Å². The van der Waals surface area contributed by atoms with Gasteiger partial charge >= 0.3 is 0 Å². The van der Waals surface area contributed by atoms with Crippen molar-refractivity contribution in [1.82, 2.24) is 0 Å². The van der Waals surface area contributed by atoms with Crippen molar-refractivity contribution in [1.29, 1.82) is 0 Å². The summed E-state index contributed by atoms with van der Waals surface area (Å²) in [6.45, 7) is 4.16. The van der Waals surface area contributed by atoms with E-state index >= 15 is 0 Å². The summed E-state index contributed by atoms with van der Waals surface area (Å²) in [6, 6.07) is 11.9. The van der Waals surface area contributed by atoms with E-state index in [0.717, 1.165) is 11.1 Å². The first-order valence-corrected chi connectivity index (χ1v) is 6.99. The molecule has 0 aliphatic heterocycles. The highest BCUT2D eigenvalue weighted by atomic mass is 35.5. The molecule has 1 unspecified atom stereocenters. The van der Waals surface area contributed by atoms with Crippen molar-refractivity contribution in [3.8, 4) is 0 Å². The van der Waals surface area contributed by atoms with Crippen molar-refractivity contribution in [2.45, 2.75) is 26.3 Å². The molecule has 0 aromatic heterocycles.